The molecule has 96 valence electrons. The Morgan fingerprint density at radius 2 is 2.00 bits per heavy atom. The summed E-state index contributed by atoms with van der Waals surface area (Å²) >= 11 is 0. The molecule has 2 aromatic heterocycles. The lowest BCUT2D eigenvalue weighted by molar-refractivity contribution is 0.459. The van der Waals surface area contributed by atoms with E-state index in [1.807, 2.05) is 30.3 Å². The molecule has 19 heavy (non-hydrogen) atoms. The lowest BCUT2D eigenvalue weighted by Gasteiger charge is -2.02. The smallest absolute Gasteiger partial charge is 0.228 e. The van der Waals surface area contributed by atoms with Crippen LogP contribution in [0.5, 0.6) is 0 Å². The van der Waals surface area contributed by atoms with Crippen molar-refractivity contribution >= 4 is 16.9 Å². The van der Waals surface area contributed by atoms with Crippen molar-refractivity contribution < 1.29 is 4.52 Å². The van der Waals surface area contributed by atoms with Crippen LogP contribution in [0.4, 0.5) is 5.82 Å². The van der Waals surface area contributed by atoms with Gasteiger partial charge in [0, 0.05) is 12.1 Å². The Morgan fingerprint density at radius 1 is 1.16 bits per heavy atom. The van der Waals surface area contributed by atoms with Crippen molar-refractivity contribution in [3.63, 3.8) is 0 Å². The second-order valence-corrected chi connectivity index (χ2v) is 4.22. The number of fused-ring (bicyclic) bond motifs is 1. The minimum Gasteiger partial charge on any atom is -0.367 e. The Kier molecular flexibility index (Phi) is 3.10. The van der Waals surface area contributed by atoms with Crippen LogP contribution in [0.15, 0.2) is 41.2 Å². The third-order valence-corrected chi connectivity index (χ3v) is 2.85. The van der Waals surface area contributed by atoms with Crippen molar-refractivity contribution in [3.8, 4) is 11.3 Å². The molecule has 5 nitrogen and oxygen atoms in total. The van der Waals surface area contributed by atoms with E-state index in [1.165, 1.54) is 6.33 Å². The number of nitrogens with zero attached hydrogens (tertiary/aromatic N) is 3. The average molecular weight is 254 g/mol. The molecule has 0 bridgehead atoms. The molecule has 0 saturated heterocycles. The summed E-state index contributed by atoms with van der Waals surface area (Å²) in [5.41, 5.74) is 3.08. The Bertz CT molecular complexity index is 678. The number of anilines is 1. The lowest BCUT2D eigenvalue weighted by Crippen LogP contribution is -2.02. The van der Waals surface area contributed by atoms with E-state index in [1.54, 1.807) is 0 Å². The van der Waals surface area contributed by atoms with Crippen molar-refractivity contribution in [2.75, 3.05) is 11.9 Å². The molecule has 3 rings (SSSR count). The van der Waals surface area contributed by atoms with Gasteiger partial charge < -0.3 is 9.84 Å². The normalized spacial score (nSPS) is 10.8. The number of nitrogens with one attached hydrogen (secondary N) is 1. The minimum atomic E-state index is 0.606. The highest BCUT2D eigenvalue weighted by atomic mass is 16.5. The zero-order valence-corrected chi connectivity index (χ0v) is 10.6. The van der Waals surface area contributed by atoms with E-state index in [0.29, 0.717) is 11.4 Å². The van der Waals surface area contributed by atoms with Crippen molar-refractivity contribution in [3.05, 3.63) is 36.7 Å². The van der Waals surface area contributed by atoms with Gasteiger partial charge in [0.1, 0.15) is 17.5 Å². The third-order valence-electron chi connectivity index (χ3n) is 2.85. The summed E-state index contributed by atoms with van der Waals surface area (Å²) in [7, 11) is 0. The summed E-state index contributed by atoms with van der Waals surface area (Å²) < 4.78 is 5.39. The van der Waals surface area contributed by atoms with Gasteiger partial charge in [0.2, 0.25) is 5.58 Å². The molecular weight excluding hydrogens is 240 g/mol. The van der Waals surface area contributed by atoms with Gasteiger partial charge in [0.25, 0.3) is 0 Å². The number of benzene rings is 1. The largest absolute Gasteiger partial charge is 0.367 e. The number of hydrogen-bond donors (Lipinski definition) is 1. The van der Waals surface area contributed by atoms with Gasteiger partial charge in [-0.3, -0.25) is 0 Å². The molecule has 5 heteroatoms. The summed E-state index contributed by atoms with van der Waals surface area (Å²) in [6.07, 6.45) is 2.55. The molecule has 0 fully saturated rings. The molecule has 0 aliphatic rings. The maximum absolute atomic E-state index is 5.39. The predicted molar refractivity (Wildman–Crippen MR) is 73.8 cm³/mol. The van der Waals surface area contributed by atoms with Gasteiger partial charge in [-0.25, -0.2) is 9.97 Å². The minimum absolute atomic E-state index is 0.606. The van der Waals surface area contributed by atoms with E-state index >= 15 is 0 Å². The van der Waals surface area contributed by atoms with Gasteiger partial charge in [-0.2, -0.15) is 0 Å². The SMILES string of the molecule is CCCNc1ncnc2c(-c3ccccc3)noc12. The monoisotopic (exact) mass is 254 g/mol. The van der Waals surface area contributed by atoms with E-state index in [9.17, 15) is 0 Å². The molecule has 0 spiro atoms. The van der Waals surface area contributed by atoms with Crippen molar-refractivity contribution in [2.24, 2.45) is 0 Å². The zero-order chi connectivity index (χ0) is 13.1. The Labute approximate surface area is 110 Å². The fraction of sp³-hybridized carbons (Fsp3) is 0.214. The van der Waals surface area contributed by atoms with Crippen LogP contribution in [0.2, 0.25) is 0 Å². The molecule has 1 aromatic carbocycles. The van der Waals surface area contributed by atoms with E-state index in [4.69, 9.17) is 4.52 Å². The molecule has 1 N–H and O–H groups in total. The molecule has 0 unspecified atom stereocenters. The van der Waals surface area contributed by atoms with Gasteiger partial charge >= 0.3 is 0 Å². The van der Waals surface area contributed by atoms with Crippen LogP contribution in [0, 0.1) is 0 Å². The molecule has 0 aliphatic heterocycles. The lowest BCUT2D eigenvalue weighted by atomic mass is 10.1. The number of hydrogen-bond acceptors (Lipinski definition) is 5. The first-order chi connectivity index (χ1) is 9.40. The second-order valence-electron chi connectivity index (χ2n) is 4.22. The quantitative estimate of drug-likeness (QED) is 0.775. The Hall–Kier alpha value is -2.43. The van der Waals surface area contributed by atoms with Gasteiger partial charge in [-0.15, -0.1) is 0 Å². The average Bonchev–Trinajstić information content (AvgIpc) is 2.90. The van der Waals surface area contributed by atoms with Crippen LogP contribution < -0.4 is 5.32 Å². The summed E-state index contributed by atoms with van der Waals surface area (Å²) in [5, 5.41) is 7.33. The summed E-state index contributed by atoms with van der Waals surface area (Å²) in [6, 6.07) is 9.87. The highest BCUT2D eigenvalue weighted by Crippen LogP contribution is 2.28. The maximum atomic E-state index is 5.39. The second kappa shape index (κ2) is 5.06. The predicted octanol–water partition coefficient (Wildman–Crippen LogP) is 3.11. The summed E-state index contributed by atoms with van der Waals surface area (Å²) in [5.74, 6) is 0.696. The molecule has 2 heterocycles. The van der Waals surface area contributed by atoms with Gasteiger partial charge in [0.05, 0.1) is 0 Å². The van der Waals surface area contributed by atoms with E-state index in [-0.39, 0.29) is 0 Å². The molecule has 0 aliphatic carbocycles. The van der Waals surface area contributed by atoms with Crippen molar-refractivity contribution in [1.82, 2.24) is 15.1 Å². The van der Waals surface area contributed by atoms with E-state index in [0.717, 1.165) is 29.7 Å². The molecule has 0 saturated carbocycles. The molecule has 0 atom stereocenters. The summed E-state index contributed by atoms with van der Waals surface area (Å²) in [6.45, 7) is 2.94. The van der Waals surface area contributed by atoms with Crippen LogP contribution in [0.3, 0.4) is 0 Å². The fourth-order valence-electron chi connectivity index (χ4n) is 1.92. The standard InChI is InChI=1S/C14H14N4O/c1-2-8-15-14-13-12(16-9-17-14)11(18-19-13)10-6-4-3-5-7-10/h3-7,9H,2,8H2,1H3,(H,15,16,17). The van der Waals surface area contributed by atoms with Crippen LogP contribution in [0.1, 0.15) is 13.3 Å². The highest BCUT2D eigenvalue weighted by molar-refractivity contribution is 5.93. The molecular formula is C14H14N4O. The Morgan fingerprint density at radius 3 is 2.79 bits per heavy atom. The van der Waals surface area contributed by atoms with Gasteiger partial charge in [0.15, 0.2) is 5.82 Å². The first-order valence-electron chi connectivity index (χ1n) is 6.30. The van der Waals surface area contributed by atoms with Crippen LogP contribution >= 0.6 is 0 Å². The van der Waals surface area contributed by atoms with Gasteiger partial charge in [-0.1, -0.05) is 42.4 Å². The molecule has 0 amide bonds. The van der Waals surface area contributed by atoms with Crippen LogP contribution in [0.25, 0.3) is 22.4 Å². The first kappa shape index (κ1) is 11.6. The van der Waals surface area contributed by atoms with E-state index < -0.39 is 0 Å². The molecule has 3 aromatic rings. The van der Waals surface area contributed by atoms with Gasteiger partial charge in [-0.05, 0) is 6.42 Å². The summed E-state index contributed by atoms with van der Waals surface area (Å²) in [4.78, 5) is 8.47. The van der Waals surface area contributed by atoms with Crippen molar-refractivity contribution in [1.29, 1.82) is 0 Å². The topological polar surface area (TPSA) is 63.8 Å². The van der Waals surface area contributed by atoms with Crippen molar-refractivity contribution in [2.45, 2.75) is 13.3 Å². The molecule has 0 radical (unpaired) electrons. The van der Waals surface area contributed by atoms with Crippen LogP contribution in [-0.2, 0) is 0 Å². The van der Waals surface area contributed by atoms with E-state index in [2.05, 4.69) is 27.4 Å². The number of rotatable bonds is 4. The third kappa shape index (κ3) is 2.14. The zero-order valence-electron chi connectivity index (χ0n) is 10.6. The number of aromatic nitrogens is 3. The Balaban J connectivity index is 2.09. The first-order valence-corrected chi connectivity index (χ1v) is 6.30. The highest BCUT2D eigenvalue weighted by Gasteiger charge is 2.15. The fourth-order valence-corrected chi connectivity index (χ4v) is 1.92. The van der Waals surface area contributed by atoms with Crippen LogP contribution in [-0.4, -0.2) is 21.7 Å². The maximum Gasteiger partial charge on any atom is 0.228 e.